The Labute approximate surface area is 174 Å². The molecule has 0 radical (unpaired) electrons. The Bertz CT molecular complexity index is 1200. The van der Waals surface area contributed by atoms with E-state index in [1.165, 1.54) is 28.6 Å². The van der Waals surface area contributed by atoms with E-state index in [-0.39, 0.29) is 29.3 Å². The van der Waals surface area contributed by atoms with Gasteiger partial charge in [0.2, 0.25) is 15.9 Å². The quantitative estimate of drug-likeness (QED) is 0.584. The summed E-state index contributed by atoms with van der Waals surface area (Å²) in [4.78, 5) is 24.8. The summed E-state index contributed by atoms with van der Waals surface area (Å²) < 4.78 is 27.5. The smallest absolute Gasteiger partial charge is 0.277 e. The first-order valence-corrected chi connectivity index (χ1v) is 11.0. The number of rotatable bonds is 8. The number of fused-ring (bicyclic) bond motifs is 1. The van der Waals surface area contributed by atoms with Crippen molar-refractivity contribution in [3.63, 3.8) is 0 Å². The molecule has 3 rings (SSSR count). The number of carbonyl (C=O) groups excluding carboxylic acids is 1. The van der Waals surface area contributed by atoms with Gasteiger partial charge in [0, 0.05) is 25.2 Å². The third-order valence-corrected chi connectivity index (χ3v) is 6.73. The maximum Gasteiger partial charge on any atom is 0.277 e. The van der Waals surface area contributed by atoms with Crippen molar-refractivity contribution in [2.24, 2.45) is 0 Å². The van der Waals surface area contributed by atoms with Crippen LogP contribution < -0.4 is 10.9 Å². The van der Waals surface area contributed by atoms with Crippen LogP contribution in [0.4, 0.5) is 5.69 Å². The van der Waals surface area contributed by atoms with Crippen molar-refractivity contribution in [2.45, 2.75) is 31.7 Å². The highest BCUT2D eigenvalue weighted by Gasteiger charge is 2.21. The van der Waals surface area contributed by atoms with Crippen LogP contribution in [-0.4, -0.2) is 46.7 Å². The molecule has 1 amide bonds. The number of aromatic nitrogens is 3. The normalized spacial score (nSPS) is 11.7. The van der Waals surface area contributed by atoms with Crippen LogP contribution in [0.5, 0.6) is 0 Å². The van der Waals surface area contributed by atoms with Crippen molar-refractivity contribution in [2.75, 3.05) is 18.4 Å². The van der Waals surface area contributed by atoms with Gasteiger partial charge >= 0.3 is 0 Å². The van der Waals surface area contributed by atoms with Crippen LogP contribution >= 0.6 is 0 Å². The zero-order chi connectivity index (χ0) is 21.7. The molecule has 0 atom stereocenters. The largest absolute Gasteiger partial charge is 0.326 e. The minimum Gasteiger partial charge on any atom is -0.326 e. The van der Waals surface area contributed by atoms with Gasteiger partial charge < -0.3 is 5.32 Å². The molecule has 2 aromatic carbocycles. The Morgan fingerprint density at radius 3 is 2.40 bits per heavy atom. The number of sulfonamides is 1. The standard InChI is InChI=1S/C20H23N5O4S/c1-3-24(4-2)30(28,29)16-11-9-15(10-12-16)21-19(26)13-14-25-20(27)17-7-5-6-8-18(17)22-23-25/h5-12H,3-4,13-14H2,1-2H3,(H,21,26). The summed E-state index contributed by atoms with van der Waals surface area (Å²) in [5, 5.41) is 11.0. The van der Waals surface area contributed by atoms with Crippen LogP contribution in [0.25, 0.3) is 10.9 Å². The third-order valence-electron chi connectivity index (χ3n) is 4.66. The van der Waals surface area contributed by atoms with Crippen LogP contribution in [0.2, 0.25) is 0 Å². The fourth-order valence-electron chi connectivity index (χ4n) is 3.02. The molecule has 30 heavy (non-hydrogen) atoms. The van der Waals surface area contributed by atoms with Crippen molar-refractivity contribution < 1.29 is 13.2 Å². The van der Waals surface area contributed by atoms with Crippen LogP contribution in [0, 0.1) is 0 Å². The first-order chi connectivity index (χ1) is 14.4. The number of hydrogen-bond donors (Lipinski definition) is 1. The van der Waals surface area contributed by atoms with E-state index in [0.29, 0.717) is 29.7 Å². The van der Waals surface area contributed by atoms with E-state index in [2.05, 4.69) is 15.6 Å². The van der Waals surface area contributed by atoms with Crippen molar-refractivity contribution in [3.05, 3.63) is 58.9 Å². The molecule has 0 aliphatic carbocycles. The topological polar surface area (TPSA) is 114 Å². The lowest BCUT2D eigenvalue weighted by Crippen LogP contribution is -2.30. The summed E-state index contributed by atoms with van der Waals surface area (Å²) >= 11 is 0. The number of carbonyl (C=O) groups is 1. The van der Waals surface area contributed by atoms with E-state index >= 15 is 0 Å². The van der Waals surface area contributed by atoms with Crippen molar-refractivity contribution in [1.29, 1.82) is 0 Å². The van der Waals surface area contributed by atoms with Gasteiger partial charge in [-0.05, 0) is 36.4 Å². The lowest BCUT2D eigenvalue weighted by molar-refractivity contribution is -0.116. The van der Waals surface area contributed by atoms with Gasteiger partial charge in [0.05, 0.1) is 16.8 Å². The predicted octanol–water partition coefficient (Wildman–Crippen LogP) is 1.85. The number of nitrogens with zero attached hydrogens (tertiary/aromatic N) is 4. The molecule has 1 heterocycles. The second-order valence-electron chi connectivity index (χ2n) is 6.55. The highest BCUT2D eigenvalue weighted by Crippen LogP contribution is 2.18. The average molecular weight is 430 g/mol. The molecule has 10 heteroatoms. The van der Waals surface area contributed by atoms with Crippen molar-refractivity contribution in [1.82, 2.24) is 19.3 Å². The Morgan fingerprint density at radius 1 is 1.07 bits per heavy atom. The summed E-state index contributed by atoms with van der Waals surface area (Å²) in [6.45, 7) is 4.40. The van der Waals surface area contributed by atoms with Gasteiger partial charge in [0.1, 0.15) is 5.52 Å². The molecule has 0 spiro atoms. The summed E-state index contributed by atoms with van der Waals surface area (Å²) in [6, 6.07) is 12.9. The molecule has 0 aliphatic heterocycles. The molecule has 0 saturated carbocycles. The number of anilines is 1. The third kappa shape index (κ3) is 4.55. The second kappa shape index (κ2) is 9.14. The number of benzene rings is 2. The highest BCUT2D eigenvalue weighted by atomic mass is 32.2. The predicted molar refractivity (Wildman–Crippen MR) is 114 cm³/mol. The molecule has 1 aromatic heterocycles. The SMILES string of the molecule is CCN(CC)S(=O)(=O)c1ccc(NC(=O)CCn2nnc3ccccc3c2=O)cc1. The number of amides is 1. The van der Waals surface area contributed by atoms with Crippen LogP contribution in [-0.2, 0) is 21.4 Å². The lowest BCUT2D eigenvalue weighted by atomic mass is 10.2. The first kappa shape index (κ1) is 21.6. The molecular formula is C20H23N5O4S. The fraction of sp³-hybridized carbons (Fsp3) is 0.300. The van der Waals surface area contributed by atoms with E-state index in [1.54, 1.807) is 38.1 Å². The molecule has 9 nitrogen and oxygen atoms in total. The van der Waals surface area contributed by atoms with E-state index in [4.69, 9.17) is 0 Å². The Hall–Kier alpha value is -3.11. The zero-order valence-corrected chi connectivity index (χ0v) is 17.6. The molecular weight excluding hydrogens is 406 g/mol. The Balaban J connectivity index is 1.64. The molecule has 0 fully saturated rings. The van der Waals surface area contributed by atoms with Gasteiger partial charge in [-0.1, -0.05) is 31.2 Å². The van der Waals surface area contributed by atoms with Gasteiger partial charge in [0.25, 0.3) is 5.56 Å². The molecule has 3 aromatic rings. The van der Waals surface area contributed by atoms with E-state index < -0.39 is 10.0 Å². The number of nitrogens with one attached hydrogen (secondary N) is 1. The van der Waals surface area contributed by atoms with Gasteiger partial charge in [-0.2, -0.15) is 4.31 Å². The summed E-state index contributed by atoms with van der Waals surface area (Å²) in [6.07, 6.45) is 0.0203. The van der Waals surface area contributed by atoms with E-state index in [1.807, 2.05) is 0 Å². The highest BCUT2D eigenvalue weighted by molar-refractivity contribution is 7.89. The second-order valence-corrected chi connectivity index (χ2v) is 8.48. The molecule has 0 saturated heterocycles. The van der Waals surface area contributed by atoms with Crippen molar-refractivity contribution >= 4 is 32.5 Å². The summed E-state index contributed by atoms with van der Waals surface area (Å²) in [5.41, 5.74) is 0.665. The van der Waals surface area contributed by atoms with E-state index in [9.17, 15) is 18.0 Å². The first-order valence-electron chi connectivity index (χ1n) is 9.59. The van der Waals surface area contributed by atoms with Crippen molar-refractivity contribution in [3.8, 4) is 0 Å². The van der Waals surface area contributed by atoms with Gasteiger partial charge in [-0.25, -0.2) is 13.1 Å². The number of aryl methyl sites for hydroxylation is 1. The van der Waals surface area contributed by atoms with Crippen LogP contribution in [0.3, 0.4) is 0 Å². The minimum atomic E-state index is -3.55. The Kier molecular flexibility index (Phi) is 6.58. The Morgan fingerprint density at radius 2 is 1.73 bits per heavy atom. The van der Waals surface area contributed by atoms with Gasteiger partial charge in [-0.3, -0.25) is 9.59 Å². The molecule has 0 unspecified atom stereocenters. The van der Waals surface area contributed by atoms with Gasteiger partial charge in [0.15, 0.2) is 0 Å². The molecule has 1 N–H and O–H groups in total. The van der Waals surface area contributed by atoms with Gasteiger partial charge in [-0.15, -0.1) is 5.10 Å². The maximum atomic E-state index is 12.5. The summed E-state index contributed by atoms with van der Waals surface area (Å²) in [7, 11) is -3.55. The molecule has 158 valence electrons. The van der Waals surface area contributed by atoms with E-state index in [0.717, 1.165) is 4.68 Å². The minimum absolute atomic E-state index is 0.0203. The fourth-order valence-corrected chi connectivity index (χ4v) is 4.48. The monoisotopic (exact) mass is 429 g/mol. The molecule has 0 aliphatic rings. The van der Waals surface area contributed by atoms with Crippen LogP contribution in [0.1, 0.15) is 20.3 Å². The average Bonchev–Trinajstić information content (AvgIpc) is 2.74. The van der Waals surface area contributed by atoms with Crippen LogP contribution in [0.15, 0.2) is 58.2 Å². The zero-order valence-electron chi connectivity index (χ0n) is 16.8. The summed E-state index contributed by atoms with van der Waals surface area (Å²) in [5.74, 6) is -0.323. The lowest BCUT2D eigenvalue weighted by Gasteiger charge is -2.18. The maximum absolute atomic E-state index is 12.5. The molecule has 0 bridgehead atoms. The number of hydrogen-bond acceptors (Lipinski definition) is 6.